The number of anilines is 1. The normalized spacial score (nSPS) is 12.9. The van der Waals surface area contributed by atoms with Gasteiger partial charge < -0.3 is 15.4 Å². The van der Waals surface area contributed by atoms with Gasteiger partial charge in [0, 0.05) is 18.7 Å². The molecule has 1 aliphatic rings. The fourth-order valence-corrected chi connectivity index (χ4v) is 2.88. The zero-order valence-electron chi connectivity index (χ0n) is 15.2. The standard InChI is InChI=1S/C20H21N3O4/c1-3-27-15-7-5-14(6-8-15)23-19(25)16-9-4-13(12-17(16)20(23)26)18(24)22-11-10-21-2/h4-9,12,21H,3,10-11H2,1-2H3,(H,22,24). The Bertz CT molecular complexity index is 877. The maximum atomic E-state index is 12.8. The number of imide groups is 1. The third-order valence-electron chi connectivity index (χ3n) is 4.22. The monoisotopic (exact) mass is 367 g/mol. The van der Waals surface area contributed by atoms with E-state index in [0.29, 0.717) is 42.3 Å². The van der Waals surface area contributed by atoms with Gasteiger partial charge in [-0.05, 0) is 56.4 Å². The molecule has 7 nitrogen and oxygen atoms in total. The summed E-state index contributed by atoms with van der Waals surface area (Å²) in [5.74, 6) is -0.462. The number of nitrogens with zero attached hydrogens (tertiary/aromatic N) is 1. The third kappa shape index (κ3) is 3.68. The van der Waals surface area contributed by atoms with Crippen LogP contribution in [-0.4, -0.2) is 44.5 Å². The van der Waals surface area contributed by atoms with Crippen molar-refractivity contribution in [3.8, 4) is 5.75 Å². The summed E-state index contributed by atoms with van der Waals surface area (Å²) in [7, 11) is 1.79. The molecule has 3 amide bonds. The minimum absolute atomic E-state index is 0.232. The second-order valence-electron chi connectivity index (χ2n) is 5.99. The Balaban J connectivity index is 1.83. The van der Waals surface area contributed by atoms with Crippen LogP contribution in [0.2, 0.25) is 0 Å². The molecule has 140 valence electrons. The van der Waals surface area contributed by atoms with Crippen LogP contribution in [0.5, 0.6) is 5.75 Å². The highest BCUT2D eigenvalue weighted by Gasteiger charge is 2.37. The Kier molecular flexibility index (Phi) is 5.52. The number of carbonyl (C=O) groups is 3. The molecular formula is C20H21N3O4. The minimum atomic E-state index is -0.441. The largest absolute Gasteiger partial charge is 0.494 e. The molecule has 2 aromatic carbocycles. The van der Waals surface area contributed by atoms with Crippen molar-refractivity contribution in [1.82, 2.24) is 10.6 Å². The molecule has 0 aliphatic carbocycles. The number of likely N-dealkylation sites (N-methyl/N-ethyl adjacent to an activating group) is 1. The van der Waals surface area contributed by atoms with Crippen molar-refractivity contribution in [1.29, 1.82) is 0 Å². The Hall–Kier alpha value is -3.19. The van der Waals surface area contributed by atoms with Crippen LogP contribution in [-0.2, 0) is 0 Å². The lowest BCUT2D eigenvalue weighted by Gasteiger charge is -2.14. The van der Waals surface area contributed by atoms with Gasteiger partial charge in [-0.3, -0.25) is 14.4 Å². The molecule has 0 aromatic heterocycles. The van der Waals surface area contributed by atoms with E-state index in [2.05, 4.69) is 10.6 Å². The summed E-state index contributed by atoms with van der Waals surface area (Å²) in [6.45, 7) is 3.52. The van der Waals surface area contributed by atoms with E-state index in [1.54, 1.807) is 37.4 Å². The number of rotatable bonds is 7. The van der Waals surface area contributed by atoms with Gasteiger partial charge in [0.15, 0.2) is 0 Å². The molecule has 1 aliphatic heterocycles. The SMILES string of the molecule is CCOc1ccc(N2C(=O)c3ccc(C(=O)NCCNC)cc3C2=O)cc1. The maximum absolute atomic E-state index is 12.8. The molecule has 0 atom stereocenters. The van der Waals surface area contributed by atoms with E-state index in [4.69, 9.17) is 4.74 Å². The van der Waals surface area contributed by atoms with Gasteiger partial charge in [-0.25, -0.2) is 4.90 Å². The molecule has 27 heavy (non-hydrogen) atoms. The van der Waals surface area contributed by atoms with E-state index in [9.17, 15) is 14.4 Å². The van der Waals surface area contributed by atoms with Gasteiger partial charge in [0.1, 0.15) is 5.75 Å². The van der Waals surface area contributed by atoms with Crippen LogP contribution in [0.1, 0.15) is 38.0 Å². The number of hydrogen-bond donors (Lipinski definition) is 2. The van der Waals surface area contributed by atoms with Gasteiger partial charge in [0.05, 0.1) is 23.4 Å². The van der Waals surface area contributed by atoms with Crippen molar-refractivity contribution in [3.63, 3.8) is 0 Å². The smallest absolute Gasteiger partial charge is 0.266 e. The molecule has 0 saturated carbocycles. The molecule has 0 spiro atoms. The summed E-state index contributed by atoms with van der Waals surface area (Å²) < 4.78 is 5.38. The van der Waals surface area contributed by atoms with Gasteiger partial charge in [-0.15, -0.1) is 0 Å². The number of hydrogen-bond acceptors (Lipinski definition) is 5. The van der Waals surface area contributed by atoms with Gasteiger partial charge in [0.2, 0.25) is 0 Å². The molecule has 0 fully saturated rings. The van der Waals surface area contributed by atoms with Crippen molar-refractivity contribution in [3.05, 3.63) is 59.2 Å². The summed E-state index contributed by atoms with van der Waals surface area (Å²) in [6.07, 6.45) is 0. The van der Waals surface area contributed by atoms with Crippen molar-refractivity contribution in [2.75, 3.05) is 31.6 Å². The minimum Gasteiger partial charge on any atom is -0.494 e. The van der Waals surface area contributed by atoms with Crippen LogP contribution in [0.25, 0.3) is 0 Å². The zero-order valence-corrected chi connectivity index (χ0v) is 15.2. The van der Waals surface area contributed by atoms with Crippen molar-refractivity contribution < 1.29 is 19.1 Å². The highest BCUT2D eigenvalue weighted by molar-refractivity contribution is 6.34. The summed E-state index contributed by atoms with van der Waals surface area (Å²) in [6, 6.07) is 11.3. The van der Waals surface area contributed by atoms with Gasteiger partial charge in [-0.1, -0.05) is 0 Å². The van der Waals surface area contributed by atoms with E-state index in [0.717, 1.165) is 4.90 Å². The topological polar surface area (TPSA) is 87.7 Å². The second-order valence-corrected chi connectivity index (χ2v) is 5.99. The van der Waals surface area contributed by atoms with Crippen LogP contribution in [0.15, 0.2) is 42.5 Å². The Morgan fingerprint density at radius 2 is 1.70 bits per heavy atom. The van der Waals surface area contributed by atoms with Crippen molar-refractivity contribution in [2.45, 2.75) is 6.92 Å². The average Bonchev–Trinajstić information content (AvgIpc) is 2.93. The quantitative estimate of drug-likeness (QED) is 0.576. The summed E-state index contributed by atoms with van der Waals surface area (Å²) in [5, 5.41) is 5.69. The number of ether oxygens (including phenoxy) is 1. The van der Waals surface area contributed by atoms with Crippen LogP contribution in [0.3, 0.4) is 0 Å². The lowest BCUT2D eigenvalue weighted by molar-refractivity contribution is 0.0923. The number of carbonyl (C=O) groups excluding carboxylic acids is 3. The maximum Gasteiger partial charge on any atom is 0.266 e. The highest BCUT2D eigenvalue weighted by Crippen LogP contribution is 2.30. The molecule has 2 aromatic rings. The Morgan fingerprint density at radius 3 is 2.37 bits per heavy atom. The first-order chi connectivity index (χ1) is 13.1. The summed E-state index contributed by atoms with van der Waals surface area (Å²) in [5.41, 5.74) is 1.33. The van der Waals surface area contributed by atoms with E-state index in [1.165, 1.54) is 12.1 Å². The van der Waals surface area contributed by atoms with E-state index < -0.39 is 11.8 Å². The molecular weight excluding hydrogens is 346 g/mol. The lowest BCUT2D eigenvalue weighted by Crippen LogP contribution is -2.30. The Morgan fingerprint density at radius 1 is 1.00 bits per heavy atom. The van der Waals surface area contributed by atoms with Crippen LogP contribution in [0.4, 0.5) is 5.69 Å². The number of amides is 3. The molecule has 0 radical (unpaired) electrons. The average molecular weight is 367 g/mol. The predicted octanol–water partition coefficient (Wildman–Crippen LogP) is 1.84. The first-order valence-electron chi connectivity index (χ1n) is 8.75. The van der Waals surface area contributed by atoms with E-state index in [-0.39, 0.29) is 11.5 Å². The van der Waals surface area contributed by atoms with Gasteiger partial charge >= 0.3 is 0 Å². The first kappa shape index (κ1) is 18.6. The molecule has 0 bridgehead atoms. The molecule has 1 heterocycles. The Labute approximate surface area is 157 Å². The predicted molar refractivity (Wildman–Crippen MR) is 101 cm³/mol. The van der Waals surface area contributed by atoms with Crippen LogP contribution >= 0.6 is 0 Å². The number of fused-ring (bicyclic) bond motifs is 1. The third-order valence-corrected chi connectivity index (χ3v) is 4.22. The molecule has 7 heteroatoms. The molecule has 2 N–H and O–H groups in total. The zero-order chi connectivity index (χ0) is 19.4. The fraction of sp³-hybridized carbons (Fsp3) is 0.250. The second kappa shape index (κ2) is 8.01. The summed E-state index contributed by atoms with van der Waals surface area (Å²) in [4.78, 5) is 38.8. The van der Waals surface area contributed by atoms with Crippen LogP contribution < -0.4 is 20.3 Å². The fourth-order valence-electron chi connectivity index (χ4n) is 2.88. The van der Waals surface area contributed by atoms with Crippen molar-refractivity contribution >= 4 is 23.4 Å². The first-order valence-corrected chi connectivity index (χ1v) is 8.75. The number of nitrogens with one attached hydrogen (secondary N) is 2. The van der Waals surface area contributed by atoms with E-state index >= 15 is 0 Å². The molecule has 0 unspecified atom stereocenters. The lowest BCUT2D eigenvalue weighted by atomic mass is 10.1. The van der Waals surface area contributed by atoms with Crippen molar-refractivity contribution in [2.24, 2.45) is 0 Å². The number of benzene rings is 2. The molecule has 0 saturated heterocycles. The highest BCUT2D eigenvalue weighted by atomic mass is 16.5. The van der Waals surface area contributed by atoms with Crippen LogP contribution in [0, 0.1) is 0 Å². The van der Waals surface area contributed by atoms with E-state index in [1.807, 2.05) is 6.92 Å². The summed E-state index contributed by atoms with van der Waals surface area (Å²) >= 11 is 0. The van der Waals surface area contributed by atoms with Gasteiger partial charge in [-0.2, -0.15) is 0 Å². The van der Waals surface area contributed by atoms with Gasteiger partial charge in [0.25, 0.3) is 17.7 Å². The molecule has 3 rings (SSSR count).